The van der Waals surface area contributed by atoms with Gasteiger partial charge in [-0.25, -0.2) is 0 Å². The predicted octanol–water partition coefficient (Wildman–Crippen LogP) is 3.14. The van der Waals surface area contributed by atoms with Crippen molar-refractivity contribution >= 4 is 22.2 Å². The molecule has 0 saturated heterocycles. The first-order valence-electron chi connectivity index (χ1n) is 5.83. The van der Waals surface area contributed by atoms with Gasteiger partial charge in [-0.15, -0.1) is 11.3 Å². The third kappa shape index (κ3) is 2.71. The van der Waals surface area contributed by atoms with E-state index in [9.17, 15) is 4.79 Å². The number of rotatable bonds is 3. The molecule has 4 heteroatoms. The van der Waals surface area contributed by atoms with Gasteiger partial charge in [0, 0.05) is 10.9 Å². The summed E-state index contributed by atoms with van der Waals surface area (Å²) < 4.78 is 0. The summed E-state index contributed by atoms with van der Waals surface area (Å²) in [6, 6.07) is 11.9. The highest BCUT2D eigenvalue weighted by Gasteiger charge is 2.15. The number of carbonyl (C=O) groups excluding carboxylic acids is 1. The second-order valence-electron chi connectivity index (χ2n) is 4.38. The molecule has 0 atom stereocenters. The summed E-state index contributed by atoms with van der Waals surface area (Å²) in [6.07, 6.45) is 0. The zero-order chi connectivity index (χ0) is 13.1. The van der Waals surface area contributed by atoms with Crippen LogP contribution in [-0.2, 0) is 0 Å². The normalized spacial score (nSPS) is 10.6. The van der Waals surface area contributed by atoms with Gasteiger partial charge in [0.05, 0.1) is 10.6 Å². The summed E-state index contributed by atoms with van der Waals surface area (Å²) >= 11 is 1.44. The Hall–Kier alpha value is -1.81. The lowest BCUT2D eigenvalue weighted by molar-refractivity contribution is 0.0944. The molecule has 0 saturated carbocycles. The SMILES string of the molecule is CC(C)NC(=O)c1cc(-c2ccccc2)sc1N. The third-order valence-electron chi connectivity index (χ3n) is 2.48. The third-order valence-corrected chi connectivity index (χ3v) is 3.50. The highest BCUT2D eigenvalue weighted by molar-refractivity contribution is 7.19. The lowest BCUT2D eigenvalue weighted by atomic mass is 10.1. The van der Waals surface area contributed by atoms with Gasteiger partial charge in [-0.2, -0.15) is 0 Å². The Labute approximate surface area is 111 Å². The molecule has 0 radical (unpaired) electrons. The molecule has 18 heavy (non-hydrogen) atoms. The minimum absolute atomic E-state index is 0.108. The molecule has 3 N–H and O–H groups in total. The van der Waals surface area contributed by atoms with Crippen molar-refractivity contribution in [2.75, 3.05) is 5.73 Å². The van der Waals surface area contributed by atoms with Crippen LogP contribution in [0.15, 0.2) is 36.4 Å². The fourth-order valence-electron chi connectivity index (χ4n) is 1.67. The van der Waals surface area contributed by atoms with Crippen LogP contribution in [0.3, 0.4) is 0 Å². The molecule has 1 aromatic carbocycles. The van der Waals surface area contributed by atoms with E-state index in [0.29, 0.717) is 10.6 Å². The first kappa shape index (κ1) is 12.6. The van der Waals surface area contributed by atoms with Gasteiger partial charge >= 0.3 is 0 Å². The number of hydrogen-bond acceptors (Lipinski definition) is 3. The van der Waals surface area contributed by atoms with Crippen LogP contribution in [-0.4, -0.2) is 11.9 Å². The van der Waals surface area contributed by atoms with Crippen LogP contribution in [0.1, 0.15) is 24.2 Å². The molecule has 0 spiro atoms. The van der Waals surface area contributed by atoms with Crippen LogP contribution < -0.4 is 11.1 Å². The average molecular weight is 260 g/mol. The zero-order valence-corrected chi connectivity index (χ0v) is 11.3. The van der Waals surface area contributed by atoms with Crippen molar-refractivity contribution in [2.45, 2.75) is 19.9 Å². The Morgan fingerprint density at radius 3 is 2.56 bits per heavy atom. The summed E-state index contributed by atoms with van der Waals surface area (Å²) in [4.78, 5) is 13.0. The fourth-order valence-corrected chi connectivity index (χ4v) is 2.60. The van der Waals surface area contributed by atoms with Crippen molar-refractivity contribution in [1.29, 1.82) is 0 Å². The Morgan fingerprint density at radius 2 is 1.94 bits per heavy atom. The van der Waals surface area contributed by atoms with Gasteiger partial charge in [0.1, 0.15) is 0 Å². The average Bonchev–Trinajstić information content (AvgIpc) is 2.72. The van der Waals surface area contributed by atoms with Crippen LogP contribution in [0.2, 0.25) is 0 Å². The van der Waals surface area contributed by atoms with Gasteiger partial charge < -0.3 is 11.1 Å². The van der Waals surface area contributed by atoms with Gasteiger partial charge in [0.2, 0.25) is 0 Å². The molecule has 0 aliphatic rings. The Bertz CT molecular complexity index is 546. The number of anilines is 1. The molecule has 1 aromatic heterocycles. The standard InChI is InChI=1S/C14H16N2OS/c1-9(2)16-14(17)11-8-12(18-13(11)15)10-6-4-3-5-7-10/h3-9H,15H2,1-2H3,(H,16,17). The quantitative estimate of drug-likeness (QED) is 0.890. The van der Waals surface area contributed by atoms with E-state index in [4.69, 9.17) is 5.73 Å². The van der Waals surface area contributed by atoms with Crippen LogP contribution in [0.4, 0.5) is 5.00 Å². The lowest BCUT2D eigenvalue weighted by Gasteiger charge is -2.06. The molecule has 1 amide bonds. The van der Waals surface area contributed by atoms with Crippen molar-refractivity contribution in [1.82, 2.24) is 5.32 Å². The second-order valence-corrected chi connectivity index (χ2v) is 5.47. The molecule has 0 unspecified atom stereocenters. The maximum atomic E-state index is 11.9. The summed E-state index contributed by atoms with van der Waals surface area (Å²) in [5, 5.41) is 3.41. The van der Waals surface area contributed by atoms with Crippen LogP contribution >= 0.6 is 11.3 Å². The molecule has 0 aliphatic heterocycles. The molecule has 94 valence electrons. The molecule has 3 nitrogen and oxygen atoms in total. The van der Waals surface area contributed by atoms with E-state index in [1.54, 1.807) is 0 Å². The van der Waals surface area contributed by atoms with Crippen molar-refractivity contribution in [3.8, 4) is 10.4 Å². The number of hydrogen-bond donors (Lipinski definition) is 2. The molecule has 0 fully saturated rings. The molecular weight excluding hydrogens is 244 g/mol. The molecule has 0 bridgehead atoms. The van der Waals surface area contributed by atoms with E-state index in [-0.39, 0.29) is 11.9 Å². The lowest BCUT2D eigenvalue weighted by Crippen LogP contribution is -2.30. The monoisotopic (exact) mass is 260 g/mol. The van der Waals surface area contributed by atoms with Gasteiger partial charge in [-0.3, -0.25) is 4.79 Å². The number of nitrogens with one attached hydrogen (secondary N) is 1. The molecule has 1 heterocycles. The van der Waals surface area contributed by atoms with E-state index in [2.05, 4.69) is 5.32 Å². The molecule has 0 aliphatic carbocycles. The van der Waals surface area contributed by atoms with Gasteiger partial charge in [0.15, 0.2) is 0 Å². The fraction of sp³-hybridized carbons (Fsp3) is 0.214. The van der Waals surface area contributed by atoms with Crippen molar-refractivity contribution in [3.63, 3.8) is 0 Å². The van der Waals surface area contributed by atoms with Gasteiger partial charge in [0.25, 0.3) is 5.91 Å². The number of amides is 1. The summed E-state index contributed by atoms with van der Waals surface area (Å²) in [5.74, 6) is -0.110. The maximum absolute atomic E-state index is 11.9. The highest BCUT2D eigenvalue weighted by Crippen LogP contribution is 2.33. The maximum Gasteiger partial charge on any atom is 0.254 e. The number of nitrogen functional groups attached to an aromatic ring is 1. The first-order chi connectivity index (χ1) is 8.58. The van der Waals surface area contributed by atoms with E-state index >= 15 is 0 Å². The summed E-state index contributed by atoms with van der Waals surface area (Å²) in [5.41, 5.74) is 7.56. The minimum Gasteiger partial charge on any atom is -0.390 e. The Kier molecular flexibility index (Phi) is 3.67. The Balaban J connectivity index is 2.30. The zero-order valence-electron chi connectivity index (χ0n) is 10.4. The minimum atomic E-state index is -0.110. The van der Waals surface area contributed by atoms with Crippen molar-refractivity contribution in [3.05, 3.63) is 42.0 Å². The van der Waals surface area contributed by atoms with Crippen molar-refractivity contribution < 1.29 is 4.79 Å². The van der Waals surface area contributed by atoms with Crippen LogP contribution in [0, 0.1) is 0 Å². The smallest absolute Gasteiger partial charge is 0.254 e. The number of carbonyl (C=O) groups is 1. The van der Waals surface area contributed by atoms with Gasteiger partial charge in [-0.1, -0.05) is 30.3 Å². The molecule has 2 aromatic rings. The van der Waals surface area contributed by atoms with Crippen molar-refractivity contribution in [2.24, 2.45) is 0 Å². The number of nitrogens with two attached hydrogens (primary N) is 1. The van der Waals surface area contributed by atoms with E-state index in [0.717, 1.165) is 10.4 Å². The van der Waals surface area contributed by atoms with Crippen LogP contribution in [0.5, 0.6) is 0 Å². The highest BCUT2D eigenvalue weighted by atomic mass is 32.1. The summed E-state index contributed by atoms with van der Waals surface area (Å²) in [6.45, 7) is 3.86. The Morgan fingerprint density at radius 1 is 1.28 bits per heavy atom. The second kappa shape index (κ2) is 5.23. The van der Waals surface area contributed by atoms with E-state index in [1.165, 1.54) is 11.3 Å². The van der Waals surface area contributed by atoms with E-state index < -0.39 is 0 Å². The largest absolute Gasteiger partial charge is 0.390 e. The first-order valence-corrected chi connectivity index (χ1v) is 6.65. The molecular formula is C14H16N2OS. The topological polar surface area (TPSA) is 55.1 Å². The van der Waals surface area contributed by atoms with E-state index in [1.807, 2.05) is 50.2 Å². The van der Waals surface area contributed by atoms with Gasteiger partial charge in [-0.05, 0) is 25.5 Å². The molecule has 2 rings (SSSR count). The predicted molar refractivity (Wildman–Crippen MR) is 76.8 cm³/mol. The number of thiophene rings is 1. The summed E-state index contributed by atoms with van der Waals surface area (Å²) in [7, 11) is 0. The number of benzene rings is 1. The van der Waals surface area contributed by atoms with Crippen LogP contribution in [0.25, 0.3) is 10.4 Å².